The van der Waals surface area contributed by atoms with Crippen LogP contribution in [0.25, 0.3) is 10.9 Å². The van der Waals surface area contributed by atoms with Gasteiger partial charge in [-0.3, -0.25) is 15.1 Å². The van der Waals surface area contributed by atoms with Gasteiger partial charge in [-0.1, -0.05) is 6.92 Å². The number of nitro benzene ring substituents is 1. The highest BCUT2D eigenvalue weighted by atomic mass is 16.6. The first-order valence-electron chi connectivity index (χ1n) is 7.97. The summed E-state index contributed by atoms with van der Waals surface area (Å²) in [6.07, 6.45) is 2.36. The fraction of sp³-hybridized carbons (Fsp3) is 0.471. The molecule has 23 heavy (non-hydrogen) atoms. The quantitative estimate of drug-likeness (QED) is 0.669. The first kappa shape index (κ1) is 15.7. The number of rotatable bonds is 4. The molecule has 2 aromatic rings. The van der Waals surface area contributed by atoms with Crippen LogP contribution < -0.4 is 10.6 Å². The first-order valence-corrected chi connectivity index (χ1v) is 7.97. The minimum Gasteiger partial charge on any atom is -0.384 e. The van der Waals surface area contributed by atoms with Crippen molar-refractivity contribution in [1.82, 2.24) is 10.3 Å². The van der Waals surface area contributed by atoms with E-state index in [1.165, 1.54) is 18.9 Å². The van der Waals surface area contributed by atoms with E-state index in [9.17, 15) is 10.1 Å². The van der Waals surface area contributed by atoms with E-state index in [4.69, 9.17) is 0 Å². The highest BCUT2D eigenvalue weighted by Gasteiger charge is 2.26. The molecule has 0 bridgehead atoms. The average Bonchev–Trinajstić information content (AvgIpc) is 2.52. The summed E-state index contributed by atoms with van der Waals surface area (Å²) in [6, 6.07) is 6.79. The number of nitrogens with one attached hydrogen (secondary N) is 2. The van der Waals surface area contributed by atoms with Gasteiger partial charge in [0.05, 0.1) is 10.4 Å². The topological polar surface area (TPSA) is 80.1 Å². The van der Waals surface area contributed by atoms with Crippen LogP contribution in [-0.2, 0) is 0 Å². The number of pyridine rings is 1. The van der Waals surface area contributed by atoms with Crippen molar-refractivity contribution in [1.29, 1.82) is 0 Å². The molecule has 3 rings (SSSR count). The largest absolute Gasteiger partial charge is 0.384 e. The number of aryl methyl sites for hydroxylation is 1. The van der Waals surface area contributed by atoms with E-state index >= 15 is 0 Å². The van der Waals surface area contributed by atoms with Crippen LogP contribution in [0.4, 0.5) is 11.4 Å². The Morgan fingerprint density at radius 3 is 2.96 bits per heavy atom. The number of nitro groups is 1. The Hall–Kier alpha value is -2.21. The Kier molecular flexibility index (Phi) is 4.17. The van der Waals surface area contributed by atoms with Gasteiger partial charge in [0.15, 0.2) is 0 Å². The van der Waals surface area contributed by atoms with Crippen LogP contribution in [0.3, 0.4) is 0 Å². The standard InChI is InChI=1S/C17H22N4O2/c1-12-8-16(19-11-17(2)6-3-7-18-10-17)14-9-13(21(22)23)4-5-15(14)20-12/h4-5,8-9,18H,3,6-7,10-11H2,1-2H3,(H,19,20). The third kappa shape index (κ3) is 3.42. The monoisotopic (exact) mass is 314 g/mol. The Labute approximate surface area is 135 Å². The molecule has 0 radical (unpaired) electrons. The number of piperidine rings is 1. The summed E-state index contributed by atoms with van der Waals surface area (Å²) in [5, 5.41) is 18.8. The van der Waals surface area contributed by atoms with Crippen LogP contribution in [0.15, 0.2) is 24.3 Å². The van der Waals surface area contributed by atoms with Crippen LogP contribution in [0.5, 0.6) is 0 Å². The fourth-order valence-corrected chi connectivity index (χ4v) is 3.18. The normalized spacial score (nSPS) is 21.3. The molecule has 6 nitrogen and oxygen atoms in total. The summed E-state index contributed by atoms with van der Waals surface area (Å²) in [4.78, 5) is 15.1. The molecule has 2 N–H and O–H groups in total. The summed E-state index contributed by atoms with van der Waals surface area (Å²) in [7, 11) is 0. The molecule has 0 spiro atoms. The average molecular weight is 314 g/mol. The molecule has 0 amide bonds. The van der Waals surface area contributed by atoms with Crippen molar-refractivity contribution in [2.45, 2.75) is 26.7 Å². The Morgan fingerprint density at radius 2 is 2.26 bits per heavy atom. The summed E-state index contributed by atoms with van der Waals surface area (Å²) >= 11 is 0. The fourth-order valence-electron chi connectivity index (χ4n) is 3.18. The van der Waals surface area contributed by atoms with Gasteiger partial charge in [-0.25, -0.2) is 0 Å². The van der Waals surface area contributed by atoms with Gasteiger partial charge in [-0.2, -0.15) is 0 Å². The predicted molar refractivity (Wildman–Crippen MR) is 91.8 cm³/mol. The molecule has 2 heterocycles. The minimum atomic E-state index is -0.366. The van der Waals surface area contributed by atoms with E-state index in [2.05, 4.69) is 22.5 Å². The van der Waals surface area contributed by atoms with Gasteiger partial charge in [0, 0.05) is 42.0 Å². The van der Waals surface area contributed by atoms with E-state index in [1.807, 2.05) is 13.0 Å². The van der Waals surface area contributed by atoms with Crippen molar-refractivity contribution in [2.24, 2.45) is 5.41 Å². The predicted octanol–water partition coefficient (Wildman–Crippen LogP) is 3.25. The Balaban J connectivity index is 1.92. The molecule has 1 unspecified atom stereocenters. The second kappa shape index (κ2) is 6.12. The number of hydrogen-bond acceptors (Lipinski definition) is 5. The molecule has 1 aromatic heterocycles. The van der Waals surface area contributed by atoms with Gasteiger partial charge in [0.25, 0.3) is 5.69 Å². The summed E-state index contributed by atoms with van der Waals surface area (Å²) in [5.41, 5.74) is 2.90. The van der Waals surface area contributed by atoms with E-state index in [1.54, 1.807) is 12.1 Å². The third-order valence-corrected chi connectivity index (χ3v) is 4.52. The van der Waals surface area contributed by atoms with Gasteiger partial charge in [-0.15, -0.1) is 0 Å². The van der Waals surface area contributed by atoms with Crippen LogP contribution >= 0.6 is 0 Å². The van der Waals surface area contributed by atoms with Crippen LogP contribution in [0.2, 0.25) is 0 Å². The molecule has 0 saturated carbocycles. The van der Waals surface area contributed by atoms with E-state index in [0.717, 1.165) is 41.9 Å². The van der Waals surface area contributed by atoms with Crippen LogP contribution in [0.1, 0.15) is 25.5 Å². The summed E-state index contributed by atoms with van der Waals surface area (Å²) in [6.45, 7) is 7.11. The van der Waals surface area contributed by atoms with Crippen molar-refractivity contribution in [3.63, 3.8) is 0 Å². The Bertz CT molecular complexity index is 739. The van der Waals surface area contributed by atoms with Crippen LogP contribution in [-0.4, -0.2) is 29.5 Å². The van der Waals surface area contributed by atoms with Crippen LogP contribution in [0, 0.1) is 22.5 Å². The smallest absolute Gasteiger partial charge is 0.270 e. The molecule has 122 valence electrons. The van der Waals surface area contributed by atoms with Gasteiger partial charge < -0.3 is 10.6 Å². The molecule has 6 heteroatoms. The molecule has 1 fully saturated rings. The highest BCUT2D eigenvalue weighted by Crippen LogP contribution is 2.30. The second-order valence-corrected chi connectivity index (χ2v) is 6.71. The maximum atomic E-state index is 11.0. The molecule has 1 aliphatic heterocycles. The molecule has 1 aromatic carbocycles. The molecule has 1 aliphatic rings. The van der Waals surface area contributed by atoms with Crippen molar-refractivity contribution >= 4 is 22.3 Å². The van der Waals surface area contributed by atoms with Gasteiger partial charge in [0.2, 0.25) is 0 Å². The Morgan fingerprint density at radius 1 is 1.43 bits per heavy atom. The second-order valence-electron chi connectivity index (χ2n) is 6.71. The maximum Gasteiger partial charge on any atom is 0.270 e. The van der Waals surface area contributed by atoms with Gasteiger partial charge in [0.1, 0.15) is 0 Å². The number of aromatic nitrogens is 1. The van der Waals surface area contributed by atoms with Crippen molar-refractivity contribution < 1.29 is 4.92 Å². The first-order chi connectivity index (χ1) is 11.0. The molecule has 1 saturated heterocycles. The zero-order valence-electron chi connectivity index (χ0n) is 13.6. The molecule has 1 atom stereocenters. The number of fused-ring (bicyclic) bond motifs is 1. The number of non-ortho nitro benzene ring substituents is 1. The lowest BCUT2D eigenvalue weighted by Gasteiger charge is -2.34. The minimum absolute atomic E-state index is 0.0942. The molecular weight excluding hydrogens is 292 g/mol. The number of benzene rings is 1. The molecular formula is C17H22N4O2. The van der Waals surface area contributed by atoms with E-state index in [-0.39, 0.29) is 16.0 Å². The third-order valence-electron chi connectivity index (χ3n) is 4.52. The highest BCUT2D eigenvalue weighted by molar-refractivity contribution is 5.93. The van der Waals surface area contributed by atoms with E-state index < -0.39 is 0 Å². The SMILES string of the molecule is Cc1cc(NCC2(C)CCCNC2)c2cc([N+](=O)[O-])ccc2n1. The van der Waals surface area contributed by atoms with Crippen molar-refractivity contribution in [3.8, 4) is 0 Å². The summed E-state index contributed by atoms with van der Waals surface area (Å²) < 4.78 is 0. The zero-order chi connectivity index (χ0) is 16.4. The lowest BCUT2D eigenvalue weighted by atomic mass is 9.82. The van der Waals surface area contributed by atoms with E-state index in [0.29, 0.717) is 0 Å². The van der Waals surface area contributed by atoms with Gasteiger partial charge >= 0.3 is 0 Å². The van der Waals surface area contributed by atoms with Crippen molar-refractivity contribution in [2.75, 3.05) is 25.0 Å². The lowest BCUT2D eigenvalue weighted by molar-refractivity contribution is -0.384. The lowest BCUT2D eigenvalue weighted by Crippen LogP contribution is -2.42. The number of hydrogen-bond donors (Lipinski definition) is 2. The number of anilines is 1. The maximum absolute atomic E-state index is 11.0. The zero-order valence-corrected chi connectivity index (χ0v) is 13.6. The van der Waals surface area contributed by atoms with Gasteiger partial charge in [-0.05, 0) is 43.9 Å². The summed E-state index contributed by atoms with van der Waals surface area (Å²) in [5.74, 6) is 0. The number of nitrogens with zero attached hydrogens (tertiary/aromatic N) is 2. The van der Waals surface area contributed by atoms with Crippen molar-refractivity contribution in [3.05, 3.63) is 40.1 Å². The molecule has 0 aliphatic carbocycles.